The first kappa shape index (κ1) is 15.0. The Hall–Kier alpha value is -1.44. The highest BCUT2D eigenvalue weighted by Gasteiger charge is 2.24. The standard InChI is InChI=1S/C13H24N6O/c1-10-11(17-14)15-9-16-12(10)19-6-4-18(5-7-19)8-13(2,3)20/h9,20H,4-8,14H2,1-3H3,(H,15,16,17). The predicted octanol–water partition coefficient (Wildman–Crippen LogP) is -0.0365. The molecule has 2 rings (SSSR count). The molecule has 7 heteroatoms. The van der Waals surface area contributed by atoms with Crippen LogP contribution in [0.25, 0.3) is 0 Å². The van der Waals surface area contributed by atoms with Crippen molar-refractivity contribution in [2.75, 3.05) is 43.0 Å². The van der Waals surface area contributed by atoms with Crippen molar-refractivity contribution in [3.05, 3.63) is 11.9 Å². The lowest BCUT2D eigenvalue weighted by molar-refractivity contribution is 0.0344. The highest BCUT2D eigenvalue weighted by atomic mass is 16.3. The lowest BCUT2D eigenvalue weighted by atomic mass is 10.1. The molecule has 1 aromatic heterocycles. The van der Waals surface area contributed by atoms with Gasteiger partial charge in [-0.3, -0.25) is 4.90 Å². The first-order valence-corrected chi connectivity index (χ1v) is 6.88. The molecule has 1 aliphatic rings. The van der Waals surface area contributed by atoms with Gasteiger partial charge in [0.25, 0.3) is 0 Å². The molecule has 112 valence electrons. The summed E-state index contributed by atoms with van der Waals surface area (Å²) in [5.41, 5.74) is 2.91. The Morgan fingerprint density at radius 1 is 1.30 bits per heavy atom. The molecule has 1 saturated heterocycles. The summed E-state index contributed by atoms with van der Waals surface area (Å²) in [6.07, 6.45) is 1.53. The van der Waals surface area contributed by atoms with Crippen LogP contribution in [0.4, 0.5) is 11.6 Å². The van der Waals surface area contributed by atoms with Crippen LogP contribution >= 0.6 is 0 Å². The van der Waals surface area contributed by atoms with Crippen molar-refractivity contribution < 1.29 is 5.11 Å². The highest BCUT2D eigenvalue weighted by Crippen LogP contribution is 2.22. The minimum absolute atomic E-state index is 0.649. The van der Waals surface area contributed by atoms with E-state index >= 15 is 0 Å². The molecule has 0 aromatic carbocycles. The smallest absolute Gasteiger partial charge is 0.148 e. The Labute approximate surface area is 119 Å². The van der Waals surface area contributed by atoms with Gasteiger partial charge in [-0.1, -0.05) is 0 Å². The van der Waals surface area contributed by atoms with Crippen LogP contribution in [0.1, 0.15) is 19.4 Å². The van der Waals surface area contributed by atoms with E-state index in [9.17, 15) is 5.11 Å². The molecule has 0 unspecified atom stereocenters. The van der Waals surface area contributed by atoms with Crippen molar-refractivity contribution in [3.8, 4) is 0 Å². The Balaban J connectivity index is 2.01. The SMILES string of the molecule is Cc1c(NN)ncnc1N1CCN(CC(C)(C)O)CC1. The largest absolute Gasteiger partial charge is 0.389 e. The number of piperazine rings is 1. The quantitative estimate of drug-likeness (QED) is 0.527. The van der Waals surface area contributed by atoms with Crippen molar-refractivity contribution in [1.82, 2.24) is 14.9 Å². The third-order valence-corrected chi connectivity index (χ3v) is 3.48. The minimum Gasteiger partial charge on any atom is -0.389 e. The normalized spacial score (nSPS) is 17.4. The van der Waals surface area contributed by atoms with Crippen LogP contribution < -0.4 is 16.2 Å². The van der Waals surface area contributed by atoms with Crippen molar-refractivity contribution in [2.45, 2.75) is 26.4 Å². The van der Waals surface area contributed by atoms with Gasteiger partial charge >= 0.3 is 0 Å². The number of aromatic nitrogens is 2. The summed E-state index contributed by atoms with van der Waals surface area (Å²) in [4.78, 5) is 13.0. The molecular weight excluding hydrogens is 256 g/mol. The van der Waals surface area contributed by atoms with E-state index in [0.29, 0.717) is 12.4 Å². The van der Waals surface area contributed by atoms with Crippen molar-refractivity contribution in [2.24, 2.45) is 5.84 Å². The van der Waals surface area contributed by atoms with Crippen LogP contribution in [0.5, 0.6) is 0 Å². The van der Waals surface area contributed by atoms with E-state index < -0.39 is 5.60 Å². The van der Waals surface area contributed by atoms with Crippen LogP contribution in [0, 0.1) is 6.92 Å². The van der Waals surface area contributed by atoms with Crippen LogP contribution in [0.3, 0.4) is 0 Å². The van der Waals surface area contributed by atoms with E-state index in [-0.39, 0.29) is 0 Å². The fourth-order valence-corrected chi connectivity index (χ4v) is 2.57. The number of anilines is 2. The number of hydrazine groups is 1. The van der Waals surface area contributed by atoms with Gasteiger partial charge in [-0.25, -0.2) is 15.8 Å². The van der Waals surface area contributed by atoms with E-state index in [2.05, 4.69) is 25.2 Å². The van der Waals surface area contributed by atoms with Gasteiger partial charge in [-0.05, 0) is 20.8 Å². The number of nitrogens with zero attached hydrogens (tertiary/aromatic N) is 4. The second-order valence-electron chi connectivity index (χ2n) is 5.89. The molecule has 7 nitrogen and oxygen atoms in total. The molecule has 0 atom stereocenters. The average molecular weight is 280 g/mol. The van der Waals surface area contributed by atoms with Crippen molar-refractivity contribution in [1.29, 1.82) is 0 Å². The number of hydrogen-bond acceptors (Lipinski definition) is 7. The third-order valence-electron chi connectivity index (χ3n) is 3.48. The fourth-order valence-electron chi connectivity index (χ4n) is 2.57. The number of nitrogen functional groups attached to an aromatic ring is 1. The topological polar surface area (TPSA) is 90.5 Å². The van der Waals surface area contributed by atoms with E-state index in [4.69, 9.17) is 5.84 Å². The Morgan fingerprint density at radius 2 is 1.95 bits per heavy atom. The average Bonchev–Trinajstić information content (AvgIpc) is 2.38. The monoisotopic (exact) mass is 280 g/mol. The maximum atomic E-state index is 9.87. The first-order valence-electron chi connectivity index (χ1n) is 6.88. The molecule has 0 radical (unpaired) electrons. The maximum absolute atomic E-state index is 9.87. The Bertz CT molecular complexity index is 451. The van der Waals surface area contributed by atoms with Crippen LogP contribution in [-0.2, 0) is 0 Å². The van der Waals surface area contributed by atoms with Crippen LogP contribution in [0.15, 0.2) is 6.33 Å². The molecule has 2 heterocycles. The zero-order chi connectivity index (χ0) is 14.8. The van der Waals surface area contributed by atoms with Gasteiger partial charge in [0.15, 0.2) is 0 Å². The Morgan fingerprint density at radius 3 is 2.50 bits per heavy atom. The summed E-state index contributed by atoms with van der Waals surface area (Å²) in [5.74, 6) is 7.03. The van der Waals surface area contributed by atoms with Crippen LogP contribution in [-0.4, -0.2) is 58.3 Å². The van der Waals surface area contributed by atoms with E-state index in [1.807, 2.05) is 20.8 Å². The molecule has 1 fully saturated rings. The third kappa shape index (κ3) is 3.56. The zero-order valence-electron chi connectivity index (χ0n) is 12.4. The van der Waals surface area contributed by atoms with Gasteiger partial charge in [-0.2, -0.15) is 0 Å². The lowest BCUT2D eigenvalue weighted by Gasteiger charge is -2.38. The summed E-state index contributed by atoms with van der Waals surface area (Å²) < 4.78 is 0. The molecule has 4 N–H and O–H groups in total. The minimum atomic E-state index is -0.649. The van der Waals surface area contributed by atoms with Crippen molar-refractivity contribution >= 4 is 11.6 Å². The summed E-state index contributed by atoms with van der Waals surface area (Å²) in [5, 5.41) is 9.87. The predicted molar refractivity (Wildman–Crippen MR) is 79.5 cm³/mol. The van der Waals surface area contributed by atoms with Gasteiger partial charge in [0.1, 0.15) is 18.0 Å². The second-order valence-corrected chi connectivity index (χ2v) is 5.89. The molecule has 0 saturated carbocycles. The Kier molecular flexibility index (Phi) is 4.42. The van der Waals surface area contributed by atoms with Crippen LogP contribution in [0.2, 0.25) is 0 Å². The van der Waals surface area contributed by atoms with E-state index in [1.165, 1.54) is 6.33 Å². The molecule has 0 aliphatic carbocycles. The van der Waals surface area contributed by atoms with Gasteiger partial charge in [0.2, 0.25) is 0 Å². The number of nitrogens with one attached hydrogen (secondary N) is 1. The van der Waals surface area contributed by atoms with Gasteiger partial charge in [0.05, 0.1) is 5.60 Å². The van der Waals surface area contributed by atoms with Crippen molar-refractivity contribution in [3.63, 3.8) is 0 Å². The lowest BCUT2D eigenvalue weighted by Crippen LogP contribution is -2.50. The maximum Gasteiger partial charge on any atom is 0.148 e. The van der Waals surface area contributed by atoms with E-state index in [1.54, 1.807) is 0 Å². The summed E-state index contributed by atoms with van der Waals surface area (Å²) in [7, 11) is 0. The van der Waals surface area contributed by atoms with E-state index in [0.717, 1.165) is 37.6 Å². The zero-order valence-corrected chi connectivity index (χ0v) is 12.4. The molecule has 0 spiro atoms. The first-order chi connectivity index (χ1) is 9.40. The molecule has 0 amide bonds. The molecule has 20 heavy (non-hydrogen) atoms. The molecule has 0 bridgehead atoms. The number of aliphatic hydroxyl groups is 1. The summed E-state index contributed by atoms with van der Waals surface area (Å²) >= 11 is 0. The molecular formula is C13H24N6O. The second kappa shape index (κ2) is 5.90. The highest BCUT2D eigenvalue weighted by molar-refractivity contribution is 5.57. The summed E-state index contributed by atoms with van der Waals surface area (Å²) in [6.45, 7) is 9.95. The number of β-amino-alcohol motifs (C(OH)–C–C–N with tert-alkyl or cyclic N) is 1. The number of rotatable bonds is 4. The summed E-state index contributed by atoms with van der Waals surface area (Å²) in [6, 6.07) is 0. The molecule has 1 aromatic rings. The number of hydrogen-bond donors (Lipinski definition) is 3. The number of nitrogens with two attached hydrogens (primary N) is 1. The van der Waals surface area contributed by atoms with Gasteiger partial charge < -0.3 is 15.4 Å². The van der Waals surface area contributed by atoms with Gasteiger partial charge in [0, 0.05) is 38.3 Å². The fraction of sp³-hybridized carbons (Fsp3) is 0.692. The molecule has 1 aliphatic heterocycles. The van der Waals surface area contributed by atoms with Gasteiger partial charge in [-0.15, -0.1) is 0 Å².